The van der Waals surface area contributed by atoms with Crippen LogP contribution in [0, 0.1) is 0 Å². The van der Waals surface area contributed by atoms with Crippen LogP contribution in [0.15, 0.2) is 41.7 Å². The Bertz CT molecular complexity index is 987. The number of rotatable bonds is 4. The first-order chi connectivity index (χ1) is 12.6. The highest BCUT2D eigenvalue weighted by Gasteiger charge is 2.28. The van der Waals surface area contributed by atoms with E-state index in [9.17, 15) is 9.59 Å². The molecule has 7 nitrogen and oxygen atoms in total. The van der Waals surface area contributed by atoms with Gasteiger partial charge in [-0.15, -0.1) is 5.10 Å². The number of hydrogen-bond donors (Lipinski definition) is 0. The van der Waals surface area contributed by atoms with Crippen molar-refractivity contribution in [1.29, 1.82) is 0 Å². The Labute approximate surface area is 153 Å². The zero-order valence-corrected chi connectivity index (χ0v) is 14.9. The second-order valence-electron chi connectivity index (χ2n) is 6.04. The maximum Gasteiger partial charge on any atom is 0.316 e. The number of Topliss-reactive ketones (excluding diaryl/α,β-unsaturated/α-hetero) is 1. The van der Waals surface area contributed by atoms with Gasteiger partial charge in [-0.05, 0) is 17.9 Å². The van der Waals surface area contributed by atoms with Gasteiger partial charge in [-0.3, -0.25) is 9.59 Å². The largest absolute Gasteiger partial charge is 0.468 e. The fourth-order valence-corrected chi connectivity index (χ4v) is 3.73. The summed E-state index contributed by atoms with van der Waals surface area (Å²) in [5.74, 6) is 0.401. The lowest BCUT2D eigenvalue weighted by Crippen LogP contribution is -2.21. The molecule has 0 bridgehead atoms. The van der Waals surface area contributed by atoms with Crippen LogP contribution in [0.25, 0.3) is 5.78 Å². The Morgan fingerprint density at radius 2 is 2.08 bits per heavy atom. The van der Waals surface area contributed by atoms with E-state index in [1.54, 1.807) is 6.20 Å². The van der Waals surface area contributed by atoms with Crippen molar-refractivity contribution in [2.45, 2.75) is 23.9 Å². The molecule has 132 valence electrons. The third-order valence-electron chi connectivity index (χ3n) is 4.38. The molecule has 0 unspecified atom stereocenters. The summed E-state index contributed by atoms with van der Waals surface area (Å²) < 4.78 is 6.11. The van der Waals surface area contributed by atoms with E-state index in [1.807, 2.05) is 30.3 Å². The molecule has 0 amide bonds. The highest BCUT2D eigenvalue weighted by molar-refractivity contribution is 7.99. The average molecular weight is 368 g/mol. The van der Waals surface area contributed by atoms with Gasteiger partial charge in [0.2, 0.25) is 5.16 Å². The highest BCUT2D eigenvalue weighted by Crippen LogP contribution is 2.32. The fraction of sp³-hybridized carbons (Fsp3) is 0.278. The molecule has 1 atom stereocenters. The second-order valence-corrected chi connectivity index (χ2v) is 6.99. The third-order valence-corrected chi connectivity index (χ3v) is 5.19. The summed E-state index contributed by atoms with van der Waals surface area (Å²) in [7, 11) is 1.34. The van der Waals surface area contributed by atoms with Crippen LogP contribution in [0.2, 0.25) is 0 Å². The quantitative estimate of drug-likeness (QED) is 0.516. The van der Waals surface area contributed by atoms with Crippen LogP contribution in [-0.4, -0.2) is 44.2 Å². The maximum atomic E-state index is 12.6. The van der Waals surface area contributed by atoms with Gasteiger partial charge in [0, 0.05) is 12.6 Å². The van der Waals surface area contributed by atoms with Gasteiger partial charge in [-0.2, -0.15) is 4.98 Å². The van der Waals surface area contributed by atoms with E-state index in [1.165, 1.54) is 23.4 Å². The van der Waals surface area contributed by atoms with E-state index in [4.69, 9.17) is 0 Å². The number of carbonyl (C=O) groups excluding carboxylic acids is 2. The summed E-state index contributed by atoms with van der Waals surface area (Å²) in [6, 6.07) is 10.0. The molecule has 26 heavy (non-hydrogen) atoms. The topological polar surface area (TPSA) is 86.4 Å². The number of esters is 1. The number of benzene rings is 1. The summed E-state index contributed by atoms with van der Waals surface area (Å²) in [6.07, 6.45) is 2.85. The molecule has 0 spiro atoms. The third kappa shape index (κ3) is 3.20. The van der Waals surface area contributed by atoms with Crippen LogP contribution < -0.4 is 0 Å². The van der Waals surface area contributed by atoms with Crippen LogP contribution in [0.4, 0.5) is 0 Å². The predicted octanol–water partition coefficient (Wildman–Crippen LogP) is 2.30. The Kier molecular flexibility index (Phi) is 4.42. The normalized spacial score (nSPS) is 16.5. The van der Waals surface area contributed by atoms with Crippen molar-refractivity contribution in [3.63, 3.8) is 0 Å². The minimum Gasteiger partial charge on any atom is -0.468 e. The number of methoxy groups -OCH3 is 1. The smallest absolute Gasteiger partial charge is 0.316 e. The van der Waals surface area contributed by atoms with E-state index >= 15 is 0 Å². The van der Waals surface area contributed by atoms with Crippen molar-refractivity contribution >= 4 is 29.3 Å². The molecule has 2 aromatic heterocycles. The minimum atomic E-state index is -0.345. The molecular weight excluding hydrogens is 352 g/mol. The van der Waals surface area contributed by atoms with Crippen LogP contribution >= 0.6 is 11.8 Å². The van der Waals surface area contributed by atoms with E-state index in [0.717, 1.165) is 11.3 Å². The molecule has 1 aliphatic carbocycles. The van der Waals surface area contributed by atoms with Crippen LogP contribution in [0.3, 0.4) is 0 Å². The van der Waals surface area contributed by atoms with E-state index < -0.39 is 0 Å². The number of thioether (sulfide) groups is 1. The Morgan fingerprint density at radius 3 is 2.85 bits per heavy atom. The molecular formula is C18H16N4O3S. The van der Waals surface area contributed by atoms with Gasteiger partial charge >= 0.3 is 5.97 Å². The van der Waals surface area contributed by atoms with Gasteiger partial charge in [-0.1, -0.05) is 42.1 Å². The predicted molar refractivity (Wildman–Crippen MR) is 95.4 cm³/mol. The molecule has 0 saturated heterocycles. The standard InChI is InChI=1S/C18H16N4O3S/c1-25-16(24)10-26-18-20-17-19-14-7-12(11-5-3-2-4-6-11)8-15(23)13(14)9-22(17)21-18/h2-6,9,12H,7-8,10H2,1H3/t12-/m0/s1. The minimum absolute atomic E-state index is 0.0637. The average Bonchev–Trinajstić information content (AvgIpc) is 3.07. The summed E-state index contributed by atoms with van der Waals surface area (Å²) >= 11 is 1.18. The molecule has 0 fully saturated rings. The van der Waals surface area contributed by atoms with Gasteiger partial charge in [0.25, 0.3) is 5.78 Å². The second kappa shape index (κ2) is 6.87. The van der Waals surface area contributed by atoms with Crippen molar-refractivity contribution in [1.82, 2.24) is 19.6 Å². The number of hydrogen-bond acceptors (Lipinski definition) is 7. The Balaban J connectivity index is 1.63. The number of fused-ring (bicyclic) bond motifs is 2. The molecule has 0 N–H and O–H groups in total. The monoisotopic (exact) mass is 368 g/mol. The van der Waals surface area contributed by atoms with E-state index in [-0.39, 0.29) is 23.4 Å². The first kappa shape index (κ1) is 16.7. The fourth-order valence-electron chi connectivity index (χ4n) is 3.07. The number of aromatic nitrogens is 4. The van der Waals surface area contributed by atoms with Crippen LogP contribution in [-0.2, 0) is 16.0 Å². The first-order valence-electron chi connectivity index (χ1n) is 8.18. The molecule has 1 aliphatic rings. The van der Waals surface area contributed by atoms with Crippen molar-refractivity contribution in [3.8, 4) is 0 Å². The number of nitrogens with zero attached hydrogens (tertiary/aromatic N) is 4. The van der Waals surface area contributed by atoms with Gasteiger partial charge in [0.15, 0.2) is 5.78 Å². The van der Waals surface area contributed by atoms with Gasteiger partial charge in [0.1, 0.15) is 0 Å². The highest BCUT2D eigenvalue weighted by atomic mass is 32.2. The SMILES string of the molecule is COC(=O)CSc1nc2nc3c(cn2n1)C(=O)C[C@@H](c1ccccc1)C3. The van der Waals surface area contributed by atoms with Gasteiger partial charge in [0.05, 0.1) is 24.1 Å². The lowest BCUT2D eigenvalue weighted by Gasteiger charge is -2.22. The number of ketones is 1. The molecule has 0 saturated carbocycles. The van der Waals surface area contributed by atoms with Crippen LogP contribution in [0.5, 0.6) is 0 Å². The van der Waals surface area contributed by atoms with Gasteiger partial charge < -0.3 is 4.74 Å². The molecule has 0 aliphatic heterocycles. The number of carbonyl (C=O) groups is 2. The summed E-state index contributed by atoms with van der Waals surface area (Å²) in [5.41, 5.74) is 2.49. The van der Waals surface area contributed by atoms with Crippen molar-refractivity contribution in [2.75, 3.05) is 12.9 Å². The molecule has 4 rings (SSSR count). The maximum absolute atomic E-state index is 12.6. The lowest BCUT2D eigenvalue weighted by atomic mass is 9.82. The lowest BCUT2D eigenvalue weighted by molar-refractivity contribution is -0.137. The zero-order valence-electron chi connectivity index (χ0n) is 14.1. The summed E-state index contributed by atoms with van der Waals surface area (Å²) in [6.45, 7) is 0. The molecule has 8 heteroatoms. The van der Waals surface area contributed by atoms with Gasteiger partial charge in [-0.25, -0.2) is 9.50 Å². The Hall–Kier alpha value is -2.74. The Morgan fingerprint density at radius 1 is 1.27 bits per heavy atom. The molecule has 3 aromatic rings. The zero-order chi connectivity index (χ0) is 18.1. The van der Waals surface area contributed by atoms with Crippen LogP contribution in [0.1, 0.15) is 34.0 Å². The molecule has 2 heterocycles. The van der Waals surface area contributed by atoms with E-state index in [0.29, 0.717) is 29.3 Å². The summed E-state index contributed by atoms with van der Waals surface area (Å²) in [5, 5.41) is 4.71. The number of ether oxygens (including phenoxy) is 1. The van der Waals surface area contributed by atoms with Crippen molar-refractivity contribution in [2.24, 2.45) is 0 Å². The molecule has 1 aromatic carbocycles. The molecule has 0 radical (unpaired) electrons. The van der Waals surface area contributed by atoms with Crippen molar-refractivity contribution < 1.29 is 14.3 Å². The van der Waals surface area contributed by atoms with Crippen molar-refractivity contribution in [3.05, 3.63) is 53.3 Å². The summed E-state index contributed by atoms with van der Waals surface area (Å²) in [4.78, 5) is 32.7. The van der Waals surface area contributed by atoms with E-state index in [2.05, 4.69) is 19.8 Å². The first-order valence-corrected chi connectivity index (χ1v) is 9.16.